The largest absolute Gasteiger partial charge is 0.504 e. The van der Waals surface area contributed by atoms with Crippen LogP contribution in [0.1, 0.15) is 42.5 Å². The van der Waals surface area contributed by atoms with E-state index in [-0.39, 0.29) is 40.6 Å². The molecule has 4 heterocycles. The highest BCUT2D eigenvalue weighted by molar-refractivity contribution is 9.10. The van der Waals surface area contributed by atoms with Crippen molar-refractivity contribution in [1.29, 1.82) is 0 Å². The normalized spacial score (nSPS) is 22.0. The molecule has 0 radical (unpaired) electrons. The van der Waals surface area contributed by atoms with Crippen LogP contribution in [0, 0.1) is 5.92 Å². The van der Waals surface area contributed by atoms with E-state index in [4.69, 9.17) is 4.74 Å². The molecule has 3 aliphatic rings. The summed E-state index contributed by atoms with van der Waals surface area (Å²) in [6.45, 7) is 3.36. The molecule has 2 saturated heterocycles. The number of hydrogen-bond donors (Lipinski definition) is 1. The number of hydrogen-bond acceptors (Lipinski definition) is 8. The number of carbonyl (C=O) groups excluding carboxylic acids is 3. The summed E-state index contributed by atoms with van der Waals surface area (Å²) in [6, 6.07) is 11.9. The van der Waals surface area contributed by atoms with Crippen molar-refractivity contribution in [2.24, 2.45) is 5.92 Å². The standard InChI is InChI=1S/C29H28BrN3O6S2/c1-2-39-20-14-16(6-11-19(20)34)22-23-24(27(37)33(26(23)36)18-9-7-17(30)8-10-18)40-28-25(22)41-29(38)32(28)15-21(35)31-12-4-3-5-13-31/h6-11,14,22-24,34H,2-5,12-13,15H2,1H3/t22-,23+,24-/m0/s1. The summed E-state index contributed by atoms with van der Waals surface area (Å²) in [5.74, 6) is -2.05. The molecule has 1 N–H and O–H groups in total. The predicted octanol–water partition coefficient (Wildman–Crippen LogP) is 4.58. The van der Waals surface area contributed by atoms with Gasteiger partial charge in [0.2, 0.25) is 17.7 Å². The Morgan fingerprint density at radius 3 is 2.49 bits per heavy atom. The van der Waals surface area contributed by atoms with Crippen molar-refractivity contribution in [3.05, 3.63) is 67.0 Å². The molecule has 12 heteroatoms. The first-order valence-corrected chi connectivity index (χ1v) is 16.0. The molecular weight excluding hydrogens is 630 g/mol. The molecular formula is C29H28BrN3O6S2. The zero-order valence-corrected chi connectivity index (χ0v) is 25.5. The molecule has 0 bridgehead atoms. The Labute approximate surface area is 253 Å². The van der Waals surface area contributed by atoms with E-state index in [1.54, 1.807) is 48.2 Å². The van der Waals surface area contributed by atoms with Crippen LogP contribution in [0.2, 0.25) is 0 Å². The topological polar surface area (TPSA) is 109 Å². The molecule has 0 spiro atoms. The van der Waals surface area contributed by atoms with Gasteiger partial charge in [-0.1, -0.05) is 45.1 Å². The van der Waals surface area contributed by atoms with E-state index in [0.717, 1.165) is 35.1 Å². The van der Waals surface area contributed by atoms with Gasteiger partial charge in [-0.2, -0.15) is 0 Å². The van der Waals surface area contributed by atoms with Gasteiger partial charge >= 0.3 is 4.87 Å². The number of anilines is 1. The number of nitrogens with zero attached hydrogens (tertiary/aromatic N) is 3. The summed E-state index contributed by atoms with van der Waals surface area (Å²) < 4.78 is 7.92. The Kier molecular flexibility index (Phi) is 7.73. The van der Waals surface area contributed by atoms with Crippen molar-refractivity contribution in [3.63, 3.8) is 0 Å². The molecule has 9 nitrogen and oxygen atoms in total. The number of aromatic hydroxyl groups is 1. The molecule has 2 fully saturated rings. The Balaban J connectivity index is 1.45. The van der Waals surface area contributed by atoms with Crippen LogP contribution in [0.5, 0.6) is 11.5 Å². The number of halogens is 1. The van der Waals surface area contributed by atoms with E-state index in [0.29, 0.717) is 40.9 Å². The molecule has 1 aromatic heterocycles. The second-order valence-corrected chi connectivity index (χ2v) is 13.3. The summed E-state index contributed by atoms with van der Waals surface area (Å²) in [5, 5.41) is 10.1. The van der Waals surface area contributed by atoms with Gasteiger partial charge in [0.15, 0.2) is 11.5 Å². The average molecular weight is 659 g/mol. The molecule has 0 unspecified atom stereocenters. The summed E-state index contributed by atoms with van der Waals surface area (Å²) in [6.07, 6.45) is 2.96. The second-order valence-electron chi connectivity index (χ2n) is 10.3. The SMILES string of the molecule is CCOc1cc([C@@H]2c3sc(=O)n(CC(=O)N4CCCCC4)c3S[C@@H]3C(=O)N(c4ccc(Br)cc4)C(=O)[C@H]23)ccc1O. The van der Waals surface area contributed by atoms with Gasteiger partial charge in [0.1, 0.15) is 11.8 Å². The summed E-state index contributed by atoms with van der Waals surface area (Å²) >= 11 is 5.60. The lowest BCUT2D eigenvalue weighted by molar-refractivity contribution is -0.133. The van der Waals surface area contributed by atoms with E-state index in [1.165, 1.54) is 27.3 Å². The number of carbonyl (C=O) groups is 3. The van der Waals surface area contributed by atoms with Crippen LogP contribution in [0.3, 0.4) is 0 Å². The number of imide groups is 1. The summed E-state index contributed by atoms with van der Waals surface area (Å²) in [5.41, 5.74) is 1.12. The van der Waals surface area contributed by atoms with E-state index in [1.807, 2.05) is 0 Å². The zero-order chi connectivity index (χ0) is 28.8. The smallest absolute Gasteiger partial charge is 0.308 e. The number of aromatic nitrogens is 1. The van der Waals surface area contributed by atoms with Crippen LogP contribution in [-0.4, -0.2) is 57.2 Å². The molecule has 6 rings (SSSR count). The fourth-order valence-corrected chi connectivity index (χ4v) is 8.87. The number of thiazole rings is 1. The molecule has 3 atom stereocenters. The number of phenols is 1. The maximum atomic E-state index is 14.0. The molecule has 41 heavy (non-hydrogen) atoms. The molecule has 0 saturated carbocycles. The van der Waals surface area contributed by atoms with Crippen molar-refractivity contribution in [2.75, 3.05) is 24.6 Å². The number of phenolic OH excluding ortho intramolecular Hbond substituents is 1. The van der Waals surface area contributed by atoms with Gasteiger partial charge in [-0.25, -0.2) is 4.90 Å². The zero-order valence-electron chi connectivity index (χ0n) is 22.2. The molecule has 3 amide bonds. The van der Waals surface area contributed by atoms with Gasteiger partial charge < -0.3 is 14.7 Å². The Hall–Kier alpha value is -3.09. The fourth-order valence-electron chi connectivity index (χ4n) is 5.83. The molecule has 2 aromatic carbocycles. The lowest BCUT2D eigenvalue weighted by Crippen LogP contribution is -2.39. The monoisotopic (exact) mass is 657 g/mol. The fraction of sp³-hybridized carbons (Fsp3) is 0.379. The summed E-state index contributed by atoms with van der Waals surface area (Å²) in [4.78, 5) is 57.9. The van der Waals surface area contributed by atoms with Crippen molar-refractivity contribution < 1.29 is 24.2 Å². The first-order valence-electron chi connectivity index (χ1n) is 13.6. The van der Waals surface area contributed by atoms with Gasteiger partial charge in [-0.05, 0) is 68.1 Å². The molecule has 0 aliphatic carbocycles. The van der Waals surface area contributed by atoms with E-state index >= 15 is 0 Å². The predicted molar refractivity (Wildman–Crippen MR) is 160 cm³/mol. The van der Waals surface area contributed by atoms with Crippen LogP contribution in [0.25, 0.3) is 0 Å². The van der Waals surface area contributed by atoms with Crippen molar-refractivity contribution >= 4 is 62.4 Å². The molecule has 214 valence electrons. The van der Waals surface area contributed by atoms with Crippen molar-refractivity contribution in [3.8, 4) is 11.5 Å². The second kappa shape index (κ2) is 11.3. The Morgan fingerprint density at radius 1 is 1.05 bits per heavy atom. The van der Waals surface area contributed by atoms with Crippen LogP contribution in [0.15, 0.2) is 56.8 Å². The number of likely N-dealkylation sites (tertiary alicyclic amines) is 1. The highest BCUT2D eigenvalue weighted by Crippen LogP contribution is 2.54. The molecule has 3 aromatic rings. The maximum absolute atomic E-state index is 14.0. The number of piperidine rings is 1. The summed E-state index contributed by atoms with van der Waals surface area (Å²) in [7, 11) is 0. The van der Waals surface area contributed by atoms with E-state index < -0.39 is 17.1 Å². The number of fused-ring (bicyclic) bond motifs is 2. The van der Waals surface area contributed by atoms with Gasteiger partial charge in [-0.3, -0.25) is 23.7 Å². The van der Waals surface area contributed by atoms with Gasteiger partial charge in [0, 0.05) is 28.4 Å². The van der Waals surface area contributed by atoms with Crippen LogP contribution in [0.4, 0.5) is 5.69 Å². The minimum Gasteiger partial charge on any atom is -0.504 e. The minimum atomic E-state index is -0.793. The number of ether oxygens (including phenoxy) is 1. The van der Waals surface area contributed by atoms with Crippen LogP contribution in [-0.2, 0) is 20.9 Å². The maximum Gasteiger partial charge on any atom is 0.308 e. The Bertz CT molecular complexity index is 1580. The molecule has 3 aliphatic heterocycles. The number of benzene rings is 2. The number of amides is 3. The third-order valence-electron chi connectivity index (χ3n) is 7.78. The van der Waals surface area contributed by atoms with Crippen molar-refractivity contribution in [2.45, 2.75) is 48.9 Å². The van der Waals surface area contributed by atoms with E-state index in [2.05, 4.69) is 15.9 Å². The number of rotatable bonds is 6. The Morgan fingerprint density at radius 2 is 1.78 bits per heavy atom. The van der Waals surface area contributed by atoms with Crippen molar-refractivity contribution in [1.82, 2.24) is 9.47 Å². The van der Waals surface area contributed by atoms with Gasteiger partial charge in [-0.15, -0.1) is 0 Å². The third-order valence-corrected chi connectivity index (χ3v) is 10.9. The quantitative estimate of drug-likeness (QED) is 0.387. The first kappa shape index (κ1) is 28.0. The highest BCUT2D eigenvalue weighted by Gasteiger charge is 2.57. The third kappa shape index (κ3) is 4.99. The lowest BCUT2D eigenvalue weighted by Gasteiger charge is -2.31. The number of thioether (sulfide) groups is 1. The van der Waals surface area contributed by atoms with Gasteiger partial charge in [0.05, 0.1) is 23.2 Å². The first-order chi connectivity index (χ1) is 19.8. The van der Waals surface area contributed by atoms with E-state index in [9.17, 15) is 24.3 Å². The van der Waals surface area contributed by atoms with Crippen LogP contribution >= 0.6 is 39.0 Å². The van der Waals surface area contributed by atoms with Crippen LogP contribution < -0.4 is 14.5 Å². The minimum absolute atomic E-state index is 0.0410. The lowest BCUT2D eigenvalue weighted by atomic mass is 9.83. The highest BCUT2D eigenvalue weighted by atomic mass is 79.9. The van der Waals surface area contributed by atoms with Gasteiger partial charge in [0.25, 0.3) is 0 Å². The average Bonchev–Trinajstić information content (AvgIpc) is 3.41.